The number of aryl methyl sites for hydroxylation is 1. The molecule has 1 aliphatic rings. The van der Waals surface area contributed by atoms with E-state index in [2.05, 4.69) is 28.5 Å². The third-order valence-electron chi connectivity index (χ3n) is 4.80. The number of nitrogens with two attached hydrogens (primary N) is 1. The maximum Gasteiger partial charge on any atom is 0.127 e. The van der Waals surface area contributed by atoms with Crippen LogP contribution in [0, 0.1) is 0 Å². The number of aromatic nitrogens is 3. The average molecular weight is 352 g/mol. The van der Waals surface area contributed by atoms with Crippen molar-refractivity contribution >= 4 is 10.8 Å². The minimum Gasteiger partial charge on any atom is -0.493 e. The van der Waals surface area contributed by atoms with Gasteiger partial charge >= 0.3 is 0 Å². The van der Waals surface area contributed by atoms with Gasteiger partial charge in [0.1, 0.15) is 11.4 Å². The molecule has 0 bridgehead atoms. The highest BCUT2D eigenvalue weighted by Crippen LogP contribution is 2.25. The van der Waals surface area contributed by atoms with Gasteiger partial charge in [-0.15, -0.1) is 5.10 Å². The summed E-state index contributed by atoms with van der Waals surface area (Å²) in [6, 6.07) is 14.2. The zero-order chi connectivity index (χ0) is 17.8. The maximum atomic E-state index is 6.23. The van der Waals surface area contributed by atoms with Crippen molar-refractivity contribution in [2.45, 2.75) is 38.0 Å². The molecule has 1 aromatic heterocycles. The molecule has 2 N–H and O–H groups in total. The Morgan fingerprint density at radius 1 is 1.23 bits per heavy atom. The van der Waals surface area contributed by atoms with Gasteiger partial charge in [0, 0.05) is 25.0 Å². The fourth-order valence-corrected chi connectivity index (χ4v) is 3.38. The van der Waals surface area contributed by atoms with Crippen LogP contribution in [0.15, 0.2) is 48.7 Å². The second-order valence-electron chi connectivity index (χ2n) is 6.66. The van der Waals surface area contributed by atoms with E-state index in [1.807, 2.05) is 35.1 Å². The van der Waals surface area contributed by atoms with E-state index in [1.165, 1.54) is 5.39 Å². The summed E-state index contributed by atoms with van der Waals surface area (Å²) in [5.74, 6) is 0.919. The van der Waals surface area contributed by atoms with Gasteiger partial charge in [-0.1, -0.05) is 41.6 Å². The van der Waals surface area contributed by atoms with Gasteiger partial charge in [-0.3, -0.25) is 4.68 Å². The molecule has 0 amide bonds. The number of nitrogens with zero attached hydrogens (tertiary/aromatic N) is 3. The van der Waals surface area contributed by atoms with Crippen LogP contribution in [0.1, 0.15) is 31.0 Å². The van der Waals surface area contributed by atoms with E-state index < -0.39 is 0 Å². The average Bonchev–Trinajstić information content (AvgIpc) is 3.37. The summed E-state index contributed by atoms with van der Waals surface area (Å²) in [6.07, 6.45) is 4.89. The smallest absolute Gasteiger partial charge is 0.127 e. The molecule has 4 rings (SSSR count). The number of hydrogen-bond acceptors (Lipinski definition) is 5. The highest BCUT2D eigenvalue weighted by atomic mass is 16.5. The van der Waals surface area contributed by atoms with Crippen molar-refractivity contribution in [2.24, 2.45) is 5.73 Å². The van der Waals surface area contributed by atoms with Crippen LogP contribution in [-0.4, -0.2) is 34.3 Å². The molecule has 136 valence electrons. The predicted molar refractivity (Wildman–Crippen MR) is 100.0 cm³/mol. The first-order chi connectivity index (χ1) is 12.8. The summed E-state index contributed by atoms with van der Waals surface area (Å²) in [5.41, 5.74) is 7.03. The SMILES string of the molecule is NC(c1cn(CCCOc2cccc3ccccc23)nn1)C1CCCO1. The van der Waals surface area contributed by atoms with E-state index >= 15 is 0 Å². The lowest BCUT2D eigenvalue weighted by molar-refractivity contribution is 0.0889. The minimum atomic E-state index is -0.196. The third kappa shape index (κ3) is 3.71. The summed E-state index contributed by atoms with van der Waals surface area (Å²) in [4.78, 5) is 0. The Hall–Kier alpha value is -2.44. The molecular weight excluding hydrogens is 328 g/mol. The van der Waals surface area contributed by atoms with E-state index in [9.17, 15) is 0 Å². The molecule has 0 saturated carbocycles. The van der Waals surface area contributed by atoms with Crippen LogP contribution in [-0.2, 0) is 11.3 Å². The first kappa shape index (κ1) is 17.0. The van der Waals surface area contributed by atoms with Gasteiger partial charge in [-0.25, -0.2) is 0 Å². The first-order valence-corrected chi connectivity index (χ1v) is 9.19. The lowest BCUT2D eigenvalue weighted by atomic mass is 10.1. The minimum absolute atomic E-state index is 0.0647. The van der Waals surface area contributed by atoms with Gasteiger partial charge in [0.05, 0.1) is 24.9 Å². The lowest BCUT2D eigenvalue weighted by Crippen LogP contribution is -2.25. The molecule has 2 unspecified atom stereocenters. The number of hydrogen-bond donors (Lipinski definition) is 1. The van der Waals surface area contributed by atoms with Crippen molar-refractivity contribution in [1.29, 1.82) is 0 Å². The van der Waals surface area contributed by atoms with Crippen molar-refractivity contribution in [3.63, 3.8) is 0 Å². The monoisotopic (exact) mass is 352 g/mol. The zero-order valence-electron chi connectivity index (χ0n) is 14.8. The van der Waals surface area contributed by atoms with Crippen molar-refractivity contribution in [3.8, 4) is 5.75 Å². The summed E-state index contributed by atoms with van der Waals surface area (Å²) in [6.45, 7) is 2.16. The number of fused-ring (bicyclic) bond motifs is 1. The molecule has 1 aliphatic heterocycles. The molecule has 1 fully saturated rings. The number of benzene rings is 2. The molecule has 2 heterocycles. The van der Waals surface area contributed by atoms with Gasteiger partial charge in [0.15, 0.2) is 0 Å². The van der Waals surface area contributed by atoms with Crippen molar-refractivity contribution in [3.05, 3.63) is 54.4 Å². The first-order valence-electron chi connectivity index (χ1n) is 9.19. The molecule has 26 heavy (non-hydrogen) atoms. The fraction of sp³-hybridized carbons (Fsp3) is 0.400. The molecule has 0 spiro atoms. The van der Waals surface area contributed by atoms with Crippen molar-refractivity contribution in [1.82, 2.24) is 15.0 Å². The normalized spacial score (nSPS) is 18.3. The quantitative estimate of drug-likeness (QED) is 0.661. The summed E-state index contributed by atoms with van der Waals surface area (Å²) in [7, 11) is 0. The Kier molecular flexibility index (Phi) is 5.13. The second kappa shape index (κ2) is 7.85. The molecule has 2 atom stereocenters. The van der Waals surface area contributed by atoms with Crippen LogP contribution in [0.25, 0.3) is 10.8 Å². The van der Waals surface area contributed by atoms with Gasteiger partial charge < -0.3 is 15.2 Å². The van der Waals surface area contributed by atoms with Gasteiger partial charge in [-0.05, 0) is 24.3 Å². The van der Waals surface area contributed by atoms with E-state index in [0.29, 0.717) is 6.61 Å². The number of ether oxygens (including phenoxy) is 2. The van der Waals surface area contributed by atoms with Crippen LogP contribution in [0.5, 0.6) is 5.75 Å². The summed E-state index contributed by atoms with van der Waals surface area (Å²) in [5, 5.41) is 10.7. The van der Waals surface area contributed by atoms with E-state index in [1.54, 1.807) is 0 Å². The predicted octanol–water partition coefficient (Wildman–Crippen LogP) is 3.08. The molecule has 1 saturated heterocycles. The summed E-state index contributed by atoms with van der Waals surface area (Å²) < 4.78 is 13.4. The topological polar surface area (TPSA) is 75.2 Å². The number of rotatable bonds is 7. The molecule has 0 radical (unpaired) electrons. The Morgan fingerprint density at radius 2 is 2.12 bits per heavy atom. The molecule has 0 aliphatic carbocycles. The van der Waals surface area contributed by atoms with Gasteiger partial charge in [0.25, 0.3) is 0 Å². The lowest BCUT2D eigenvalue weighted by Gasteiger charge is -2.15. The molecule has 6 heteroatoms. The van der Waals surface area contributed by atoms with Crippen LogP contribution >= 0.6 is 0 Å². The Labute approximate surface area is 152 Å². The Bertz CT molecular complexity index is 852. The Morgan fingerprint density at radius 3 is 3.00 bits per heavy atom. The molecule has 6 nitrogen and oxygen atoms in total. The van der Waals surface area contributed by atoms with E-state index in [4.69, 9.17) is 15.2 Å². The largest absolute Gasteiger partial charge is 0.493 e. The van der Waals surface area contributed by atoms with Crippen LogP contribution in [0.3, 0.4) is 0 Å². The molecular formula is C20H24N4O2. The van der Waals surface area contributed by atoms with Crippen LogP contribution < -0.4 is 10.5 Å². The van der Waals surface area contributed by atoms with Gasteiger partial charge in [0.2, 0.25) is 0 Å². The molecule has 2 aromatic carbocycles. The van der Waals surface area contributed by atoms with Gasteiger partial charge in [-0.2, -0.15) is 0 Å². The Balaban J connectivity index is 1.30. The van der Waals surface area contributed by atoms with Crippen molar-refractivity contribution < 1.29 is 9.47 Å². The van der Waals surface area contributed by atoms with Crippen molar-refractivity contribution in [2.75, 3.05) is 13.2 Å². The van der Waals surface area contributed by atoms with E-state index in [-0.39, 0.29) is 12.1 Å². The highest BCUT2D eigenvalue weighted by molar-refractivity contribution is 5.88. The highest BCUT2D eigenvalue weighted by Gasteiger charge is 2.26. The van der Waals surface area contributed by atoms with E-state index in [0.717, 1.165) is 49.2 Å². The maximum absolute atomic E-state index is 6.23. The summed E-state index contributed by atoms with van der Waals surface area (Å²) >= 11 is 0. The zero-order valence-corrected chi connectivity index (χ0v) is 14.8. The third-order valence-corrected chi connectivity index (χ3v) is 4.80. The van der Waals surface area contributed by atoms with Crippen LogP contribution in [0.2, 0.25) is 0 Å². The molecule has 3 aromatic rings. The fourth-order valence-electron chi connectivity index (χ4n) is 3.38. The van der Waals surface area contributed by atoms with Crippen LogP contribution in [0.4, 0.5) is 0 Å². The standard InChI is InChI=1S/C20H24N4O2/c21-20(19-10-4-12-26-19)17-14-24(23-22-17)11-5-13-25-18-9-3-7-15-6-1-2-8-16(15)18/h1-3,6-9,14,19-20H,4-5,10-13,21H2. The second-order valence-corrected chi connectivity index (χ2v) is 6.66.